The summed E-state index contributed by atoms with van der Waals surface area (Å²) in [6.07, 6.45) is 3.46. The molecule has 2 saturated heterocycles. The number of aryl methyl sites for hydroxylation is 1. The van der Waals surface area contributed by atoms with Gasteiger partial charge in [-0.3, -0.25) is 14.8 Å². The molecular formula is C24H33N3O2. The summed E-state index contributed by atoms with van der Waals surface area (Å²) in [7, 11) is 0. The standard InChI is InChI=1S/C24H33N3O2/c1-19-4-2-6-22(25-19)17-26-11-8-24(9-12-26)10-13-27(16-21(24)18-28)15-20-5-3-7-23(29)14-20/h2-7,14,21,28-29H,8-13,15-18H2,1H3/t21-/m1/s1. The van der Waals surface area contributed by atoms with Gasteiger partial charge < -0.3 is 10.2 Å². The predicted molar refractivity (Wildman–Crippen MR) is 114 cm³/mol. The SMILES string of the molecule is Cc1cccc(CN2CCC3(CC2)CCN(Cc2cccc(O)c2)C[C@@H]3CO)n1. The Hall–Kier alpha value is -1.95. The van der Waals surface area contributed by atoms with Gasteiger partial charge in [0.1, 0.15) is 5.75 Å². The smallest absolute Gasteiger partial charge is 0.115 e. The van der Waals surface area contributed by atoms with Crippen molar-refractivity contribution >= 4 is 0 Å². The van der Waals surface area contributed by atoms with Crippen LogP contribution >= 0.6 is 0 Å². The lowest BCUT2D eigenvalue weighted by Crippen LogP contribution is -2.53. The number of nitrogens with zero attached hydrogens (tertiary/aromatic N) is 3. The summed E-state index contributed by atoms with van der Waals surface area (Å²) >= 11 is 0. The highest BCUT2D eigenvalue weighted by atomic mass is 16.3. The monoisotopic (exact) mass is 395 g/mol. The van der Waals surface area contributed by atoms with E-state index in [1.54, 1.807) is 6.07 Å². The molecule has 4 rings (SSSR count). The Bertz CT molecular complexity index is 809. The molecule has 2 N–H and O–H groups in total. The minimum absolute atomic E-state index is 0.260. The number of aromatic hydroxyl groups is 1. The fourth-order valence-corrected chi connectivity index (χ4v) is 5.22. The number of aromatic nitrogens is 1. The Morgan fingerprint density at radius 2 is 1.72 bits per heavy atom. The molecule has 2 aromatic rings. The van der Waals surface area contributed by atoms with Gasteiger partial charge in [0, 0.05) is 37.9 Å². The number of aliphatic hydroxyl groups is 1. The van der Waals surface area contributed by atoms with Crippen LogP contribution in [0.3, 0.4) is 0 Å². The molecule has 3 heterocycles. The second-order valence-corrected chi connectivity index (χ2v) is 8.94. The van der Waals surface area contributed by atoms with Gasteiger partial charge in [0.05, 0.1) is 5.69 Å². The minimum atomic E-state index is 0.260. The van der Waals surface area contributed by atoms with Crippen LogP contribution in [0.4, 0.5) is 0 Å². The number of benzene rings is 1. The van der Waals surface area contributed by atoms with E-state index in [4.69, 9.17) is 0 Å². The first-order valence-corrected chi connectivity index (χ1v) is 10.8. The largest absolute Gasteiger partial charge is 0.508 e. The van der Waals surface area contributed by atoms with Crippen molar-refractivity contribution in [2.75, 3.05) is 32.8 Å². The predicted octanol–water partition coefficient (Wildman–Crippen LogP) is 3.19. The molecule has 2 fully saturated rings. The molecule has 29 heavy (non-hydrogen) atoms. The Morgan fingerprint density at radius 3 is 2.41 bits per heavy atom. The lowest BCUT2D eigenvalue weighted by molar-refractivity contribution is -0.0451. The van der Waals surface area contributed by atoms with Crippen LogP contribution < -0.4 is 0 Å². The fraction of sp³-hybridized carbons (Fsp3) is 0.542. The van der Waals surface area contributed by atoms with Crippen molar-refractivity contribution in [1.29, 1.82) is 0 Å². The highest BCUT2D eigenvalue weighted by molar-refractivity contribution is 5.27. The molecule has 0 saturated carbocycles. The summed E-state index contributed by atoms with van der Waals surface area (Å²) in [5.41, 5.74) is 3.63. The number of phenolic OH excluding ortho intramolecular Hbond substituents is 1. The van der Waals surface area contributed by atoms with Crippen LogP contribution in [0.1, 0.15) is 36.2 Å². The number of aliphatic hydroxyl groups excluding tert-OH is 1. The van der Waals surface area contributed by atoms with Crippen molar-refractivity contribution in [2.45, 2.75) is 39.3 Å². The van der Waals surface area contributed by atoms with E-state index in [0.29, 0.717) is 11.7 Å². The molecule has 1 aromatic carbocycles. The van der Waals surface area contributed by atoms with Crippen molar-refractivity contribution in [3.8, 4) is 5.75 Å². The van der Waals surface area contributed by atoms with Crippen LogP contribution in [0.2, 0.25) is 0 Å². The maximum absolute atomic E-state index is 10.2. The zero-order valence-electron chi connectivity index (χ0n) is 17.4. The van der Waals surface area contributed by atoms with Gasteiger partial charge in [-0.25, -0.2) is 0 Å². The van der Waals surface area contributed by atoms with Crippen LogP contribution in [0, 0.1) is 18.3 Å². The molecule has 0 aliphatic carbocycles. The number of hydrogen-bond acceptors (Lipinski definition) is 5. The zero-order valence-corrected chi connectivity index (χ0v) is 17.4. The summed E-state index contributed by atoms with van der Waals surface area (Å²) in [6.45, 7) is 8.23. The van der Waals surface area contributed by atoms with Gasteiger partial charge in [-0.1, -0.05) is 18.2 Å². The highest BCUT2D eigenvalue weighted by Crippen LogP contribution is 2.45. The molecule has 156 valence electrons. The minimum Gasteiger partial charge on any atom is -0.508 e. The van der Waals surface area contributed by atoms with E-state index in [0.717, 1.165) is 75.5 Å². The number of piperidine rings is 2. The Kier molecular flexibility index (Phi) is 6.18. The summed E-state index contributed by atoms with van der Waals surface area (Å²) in [5.74, 6) is 0.651. The number of pyridine rings is 1. The van der Waals surface area contributed by atoms with Gasteiger partial charge in [0.2, 0.25) is 0 Å². The van der Waals surface area contributed by atoms with Crippen molar-refractivity contribution < 1.29 is 10.2 Å². The van der Waals surface area contributed by atoms with Crippen LogP contribution in [-0.2, 0) is 13.1 Å². The number of hydrogen-bond donors (Lipinski definition) is 2. The van der Waals surface area contributed by atoms with Crippen LogP contribution in [0.5, 0.6) is 5.75 Å². The van der Waals surface area contributed by atoms with Gasteiger partial charge in [-0.15, -0.1) is 0 Å². The van der Waals surface area contributed by atoms with E-state index < -0.39 is 0 Å². The summed E-state index contributed by atoms with van der Waals surface area (Å²) in [6, 6.07) is 13.8. The van der Waals surface area contributed by atoms with E-state index in [1.165, 1.54) is 0 Å². The molecule has 2 aliphatic rings. The van der Waals surface area contributed by atoms with Gasteiger partial charge in [0.25, 0.3) is 0 Å². The van der Waals surface area contributed by atoms with Gasteiger partial charge in [-0.2, -0.15) is 0 Å². The summed E-state index contributed by atoms with van der Waals surface area (Å²) in [4.78, 5) is 9.60. The molecule has 1 spiro atoms. The van der Waals surface area contributed by atoms with Crippen molar-refractivity contribution in [1.82, 2.24) is 14.8 Å². The second-order valence-electron chi connectivity index (χ2n) is 8.94. The Morgan fingerprint density at radius 1 is 1.00 bits per heavy atom. The summed E-state index contributed by atoms with van der Waals surface area (Å²) in [5, 5.41) is 19.9. The van der Waals surface area contributed by atoms with Crippen LogP contribution in [0.25, 0.3) is 0 Å². The average Bonchev–Trinajstić information content (AvgIpc) is 2.71. The lowest BCUT2D eigenvalue weighted by atomic mass is 9.64. The molecule has 0 bridgehead atoms. The van der Waals surface area contributed by atoms with E-state index in [-0.39, 0.29) is 12.0 Å². The number of phenols is 1. The van der Waals surface area contributed by atoms with E-state index >= 15 is 0 Å². The third-order valence-corrected chi connectivity index (χ3v) is 6.99. The van der Waals surface area contributed by atoms with Crippen molar-refractivity contribution in [3.05, 3.63) is 59.4 Å². The van der Waals surface area contributed by atoms with Gasteiger partial charge in [-0.05, 0) is 81.1 Å². The maximum atomic E-state index is 10.2. The normalized spacial score (nSPS) is 22.8. The third kappa shape index (κ3) is 4.80. The second kappa shape index (κ2) is 8.82. The molecule has 0 radical (unpaired) electrons. The van der Waals surface area contributed by atoms with Crippen LogP contribution in [-0.4, -0.2) is 57.8 Å². The molecule has 2 aliphatic heterocycles. The van der Waals surface area contributed by atoms with Crippen LogP contribution in [0.15, 0.2) is 42.5 Å². The quantitative estimate of drug-likeness (QED) is 0.814. The zero-order chi connectivity index (χ0) is 20.3. The molecule has 5 heteroatoms. The van der Waals surface area contributed by atoms with Gasteiger partial charge >= 0.3 is 0 Å². The van der Waals surface area contributed by atoms with Gasteiger partial charge in [0.15, 0.2) is 0 Å². The summed E-state index contributed by atoms with van der Waals surface area (Å²) < 4.78 is 0. The van der Waals surface area contributed by atoms with Crippen molar-refractivity contribution in [2.24, 2.45) is 11.3 Å². The third-order valence-electron chi connectivity index (χ3n) is 6.99. The number of likely N-dealkylation sites (tertiary alicyclic amines) is 2. The fourth-order valence-electron chi connectivity index (χ4n) is 5.22. The maximum Gasteiger partial charge on any atom is 0.115 e. The molecule has 1 aromatic heterocycles. The lowest BCUT2D eigenvalue weighted by Gasteiger charge is -2.51. The first kappa shape index (κ1) is 20.3. The number of rotatable bonds is 5. The molecular weight excluding hydrogens is 362 g/mol. The Labute approximate surface area is 174 Å². The van der Waals surface area contributed by atoms with E-state index in [1.807, 2.05) is 25.1 Å². The molecule has 0 unspecified atom stereocenters. The topological polar surface area (TPSA) is 59.8 Å². The highest BCUT2D eigenvalue weighted by Gasteiger charge is 2.44. The first-order chi connectivity index (χ1) is 14.1. The molecule has 5 nitrogen and oxygen atoms in total. The van der Waals surface area contributed by atoms with Crippen molar-refractivity contribution in [3.63, 3.8) is 0 Å². The van der Waals surface area contributed by atoms with E-state index in [2.05, 4.69) is 33.0 Å². The molecule has 1 atom stereocenters. The van der Waals surface area contributed by atoms with E-state index in [9.17, 15) is 10.2 Å². The average molecular weight is 396 g/mol. The Balaban J connectivity index is 1.34. The molecule has 0 amide bonds. The first-order valence-electron chi connectivity index (χ1n) is 10.8.